The lowest BCUT2D eigenvalue weighted by Crippen LogP contribution is -2.15. The number of nitrogens with one attached hydrogen (secondary N) is 1. The van der Waals surface area contributed by atoms with Gasteiger partial charge in [-0.25, -0.2) is 17.9 Å². The summed E-state index contributed by atoms with van der Waals surface area (Å²) in [5.41, 5.74) is 0.240. The van der Waals surface area contributed by atoms with Crippen molar-refractivity contribution in [2.24, 2.45) is 5.14 Å². The second-order valence-electron chi connectivity index (χ2n) is 5.20. The van der Waals surface area contributed by atoms with Crippen molar-refractivity contribution in [2.75, 3.05) is 5.32 Å². The van der Waals surface area contributed by atoms with Gasteiger partial charge in [-0.05, 0) is 41.1 Å². The van der Waals surface area contributed by atoms with Crippen LogP contribution in [-0.2, 0) is 10.0 Å². The lowest BCUT2D eigenvalue weighted by Gasteiger charge is -2.08. The first-order valence-corrected chi connectivity index (χ1v) is 8.52. The molecule has 24 heavy (non-hydrogen) atoms. The molecule has 0 atom stereocenters. The van der Waals surface area contributed by atoms with Crippen molar-refractivity contribution < 1.29 is 17.6 Å². The van der Waals surface area contributed by atoms with Gasteiger partial charge in [0.1, 0.15) is 5.82 Å². The van der Waals surface area contributed by atoms with E-state index < -0.39 is 21.7 Å². The Kier molecular flexibility index (Phi) is 4.04. The van der Waals surface area contributed by atoms with E-state index in [1.807, 2.05) is 24.3 Å². The Morgan fingerprint density at radius 1 is 0.958 bits per heavy atom. The van der Waals surface area contributed by atoms with Crippen LogP contribution in [0.3, 0.4) is 0 Å². The number of sulfonamides is 1. The Labute approximate surface area is 138 Å². The number of halogens is 1. The first-order valence-electron chi connectivity index (χ1n) is 6.97. The Hall–Kier alpha value is -2.77. The van der Waals surface area contributed by atoms with E-state index in [9.17, 15) is 17.6 Å². The van der Waals surface area contributed by atoms with Crippen LogP contribution in [0.1, 0.15) is 10.4 Å². The minimum absolute atomic E-state index is 0.124. The Morgan fingerprint density at radius 2 is 1.67 bits per heavy atom. The minimum Gasteiger partial charge on any atom is -0.319 e. The molecule has 0 bridgehead atoms. The molecular formula is C17H13FN2O3S. The molecule has 0 aliphatic heterocycles. The Bertz CT molecular complexity index is 1050. The number of anilines is 1. The normalized spacial score (nSPS) is 11.4. The van der Waals surface area contributed by atoms with E-state index in [0.29, 0.717) is 5.56 Å². The lowest BCUT2D eigenvalue weighted by atomic mass is 10.1. The van der Waals surface area contributed by atoms with Crippen LogP contribution in [0.4, 0.5) is 10.1 Å². The average Bonchev–Trinajstić information content (AvgIpc) is 2.55. The molecule has 0 spiro atoms. The molecule has 0 heterocycles. The van der Waals surface area contributed by atoms with Gasteiger partial charge in [0.25, 0.3) is 5.91 Å². The summed E-state index contributed by atoms with van der Waals surface area (Å²) in [7, 11) is -4.00. The smallest absolute Gasteiger partial charge is 0.255 e. The fourth-order valence-electron chi connectivity index (χ4n) is 2.30. The summed E-state index contributed by atoms with van der Waals surface area (Å²) in [6, 6.07) is 15.7. The summed E-state index contributed by atoms with van der Waals surface area (Å²) in [4.78, 5) is 11.9. The van der Waals surface area contributed by atoms with Gasteiger partial charge in [0.05, 0.1) is 10.6 Å². The van der Waals surface area contributed by atoms with Crippen molar-refractivity contribution >= 4 is 32.4 Å². The molecule has 3 N–H and O–H groups in total. The van der Waals surface area contributed by atoms with Gasteiger partial charge in [0, 0.05) is 5.56 Å². The van der Waals surface area contributed by atoms with Crippen LogP contribution in [0.5, 0.6) is 0 Å². The zero-order chi connectivity index (χ0) is 17.3. The Morgan fingerprint density at radius 3 is 2.33 bits per heavy atom. The maximum atomic E-state index is 14.0. The maximum absolute atomic E-state index is 14.0. The molecule has 0 aliphatic carbocycles. The minimum atomic E-state index is -4.00. The monoisotopic (exact) mass is 344 g/mol. The number of nitrogens with two attached hydrogens (primary N) is 1. The molecule has 122 valence electrons. The van der Waals surface area contributed by atoms with E-state index in [4.69, 9.17) is 5.14 Å². The lowest BCUT2D eigenvalue weighted by molar-refractivity contribution is 0.102. The summed E-state index contributed by atoms with van der Waals surface area (Å²) in [5.74, 6) is -1.38. The number of carbonyl (C=O) groups excluding carboxylic acids is 1. The van der Waals surface area contributed by atoms with Crippen molar-refractivity contribution in [1.82, 2.24) is 0 Å². The molecule has 0 fully saturated rings. The van der Waals surface area contributed by atoms with Crippen LogP contribution in [0.2, 0.25) is 0 Å². The molecule has 0 saturated carbocycles. The third-order valence-corrected chi connectivity index (χ3v) is 4.44. The van der Waals surface area contributed by atoms with Gasteiger partial charge >= 0.3 is 0 Å². The van der Waals surface area contributed by atoms with Crippen molar-refractivity contribution in [3.05, 3.63) is 72.0 Å². The number of benzene rings is 3. The quantitative estimate of drug-likeness (QED) is 0.765. The van der Waals surface area contributed by atoms with Gasteiger partial charge in [-0.2, -0.15) is 0 Å². The summed E-state index contributed by atoms with van der Waals surface area (Å²) in [6.45, 7) is 0. The second-order valence-corrected chi connectivity index (χ2v) is 6.76. The van der Waals surface area contributed by atoms with Gasteiger partial charge in [0.15, 0.2) is 0 Å². The molecule has 0 aromatic heterocycles. The predicted molar refractivity (Wildman–Crippen MR) is 89.7 cm³/mol. The summed E-state index contributed by atoms with van der Waals surface area (Å²) in [6.07, 6.45) is 0. The number of fused-ring (bicyclic) bond motifs is 1. The van der Waals surface area contributed by atoms with Crippen molar-refractivity contribution in [3.63, 3.8) is 0 Å². The SMILES string of the molecule is NS(=O)(=O)c1ccc(NC(=O)c2ccc3ccccc3c2)c(F)c1. The largest absolute Gasteiger partial charge is 0.319 e. The number of amides is 1. The van der Waals surface area contributed by atoms with E-state index in [2.05, 4.69) is 5.32 Å². The summed E-state index contributed by atoms with van der Waals surface area (Å²) >= 11 is 0. The standard InChI is InChI=1S/C17H13FN2O3S/c18-15-10-14(24(19,22)23)7-8-16(15)20-17(21)13-6-5-11-3-1-2-4-12(11)9-13/h1-10H,(H,20,21)(H2,19,22,23). The molecule has 1 amide bonds. The zero-order valence-corrected chi connectivity index (χ0v) is 13.2. The van der Waals surface area contributed by atoms with Crippen molar-refractivity contribution in [3.8, 4) is 0 Å². The van der Waals surface area contributed by atoms with Crippen LogP contribution >= 0.6 is 0 Å². The second kappa shape index (κ2) is 6.03. The molecule has 5 nitrogen and oxygen atoms in total. The van der Waals surface area contributed by atoms with E-state index in [-0.39, 0.29) is 10.6 Å². The summed E-state index contributed by atoms with van der Waals surface area (Å²) < 4.78 is 36.4. The molecule has 0 unspecified atom stereocenters. The highest BCUT2D eigenvalue weighted by atomic mass is 32.2. The molecule has 3 rings (SSSR count). The number of hydrogen-bond donors (Lipinski definition) is 2. The fraction of sp³-hybridized carbons (Fsp3) is 0. The van der Waals surface area contributed by atoms with Gasteiger partial charge in [-0.3, -0.25) is 4.79 Å². The molecule has 3 aromatic rings. The van der Waals surface area contributed by atoms with Gasteiger partial charge < -0.3 is 5.32 Å². The molecular weight excluding hydrogens is 331 g/mol. The molecule has 3 aromatic carbocycles. The summed E-state index contributed by atoms with van der Waals surface area (Å²) in [5, 5.41) is 9.23. The predicted octanol–water partition coefficient (Wildman–Crippen LogP) is 2.88. The third-order valence-electron chi connectivity index (χ3n) is 3.53. The number of carbonyl (C=O) groups is 1. The Balaban J connectivity index is 1.88. The van der Waals surface area contributed by atoms with Gasteiger partial charge in [-0.1, -0.05) is 30.3 Å². The van der Waals surface area contributed by atoms with Crippen molar-refractivity contribution in [2.45, 2.75) is 4.90 Å². The van der Waals surface area contributed by atoms with Crippen LogP contribution in [0.25, 0.3) is 10.8 Å². The maximum Gasteiger partial charge on any atom is 0.255 e. The van der Waals surface area contributed by atoms with E-state index >= 15 is 0 Å². The highest BCUT2D eigenvalue weighted by Crippen LogP contribution is 2.20. The zero-order valence-electron chi connectivity index (χ0n) is 12.4. The third kappa shape index (κ3) is 3.27. The number of primary sulfonamides is 1. The first kappa shape index (κ1) is 16.1. The van der Waals surface area contributed by atoms with Crippen LogP contribution < -0.4 is 10.5 Å². The molecule has 7 heteroatoms. The van der Waals surface area contributed by atoms with Gasteiger partial charge in [0.2, 0.25) is 10.0 Å². The highest BCUT2D eigenvalue weighted by molar-refractivity contribution is 7.89. The van der Waals surface area contributed by atoms with Crippen LogP contribution in [-0.4, -0.2) is 14.3 Å². The average molecular weight is 344 g/mol. The molecule has 0 radical (unpaired) electrons. The van der Waals surface area contributed by atoms with Gasteiger partial charge in [-0.15, -0.1) is 0 Å². The molecule has 0 aliphatic rings. The highest BCUT2D eigenvalue weighted by Gasteiger charge is 2.14. The molecule has 0 saturated heterocycles. The van der Waals surface area contributed by atoms with E-state index in [0.717, 1.165) is 29.0 Å². The van der Waals surface area contributed by atoms with E-state index in [1.54, 1.807) is 18.2 Å². The fourth-order valence-corrected chi connectivity index (χ4v) is 2.82. The van der Waals surface area contributed by atoms with Crippen molar-refractivity contribution in [1.29, 1.82) is 0 Å². The van der Waals surface area contributed by atoms with Crippen LogP contribution in [0.15, 0.2) is 65.6 Å². The van der Waals surface area contributed by atoms with Crippen LogP contribution in [0, 0.1) is 5.82 Å². The number of hydrogen-bond acceptors (Lipinski definition) is 3. The first-order chi connectivity index (χ1) is 11.3. The van der Waals surface area contributed by atoms with E-state index in [1.165, 1.54) is 0 Å². The topological polar surface area (TPSA) is 89.3 Å². The number of rotatable bonds is 3.